The van der Waals surface area contributed by atoms with Gasteiger partial charge in [0.15, 0.2) is 9.84 Å². The lowest BCUT2D eigenvalue weighted by atomic mass is 10.2. The molecule has 1 aromatic heterocycles. The van der Waals surface area contributed by atoms with Crippen LogP contribution in [-0.2, 0) is 9.84 Å². The molecule has 1 aliphatic heterocycles. The minimum Gasteiger partial charge on any atom is -0.348 e. The quantitative estimate of drug-likeness (QED) is 0.863. The Morgan fingerprint density at radius 3 is 2.44 bits per heavy atom. The van der Waals surface area contributed by atoms with Crippen molar-refractivity contribution >= 4 is 27.2 Å². The van der Waals surface area contributed by atoms with Gasteiger partial charge in [-0.2, -0.15) is 0 Å². The Morgan fingerprint density at radius 2 is 1.88 bits per heavy atom. The Kier molecular flexibility index (Phi) is 4.67. The van der Waals surface area contributed by atoms with Gasteiger partial charge in [-0.1, -0.05) is 6.07 Å². The molecule has 1 aliphatic rings. The molecule has 2 heterocycles. The predicted octanol–water partition coefficient (Wildman–Crippen LogP) is 2.02. The van der Waals surface area contributed by atoms with E-state index in [2.05, 4.69) is 15.6 Å². The Labute approximate surface area is 143 Å². The number of halogens is 2. The molecule has 0 saturated carbocycles. The van der Waals surface area contributed by atoms with Crippen molar-refractivity contribution in [2.24, 2.45) is 0 Å². The number of amides is 1. The van der Waals surface area contributed by atoms with Gasteiger partial charge in [0.25, 0.3) is 5.91 Å². The molecule has 0 aliphatic carbocycles. The molecule has 6 nitrogen and oxygen atoms in total. The number of carbonyl (C=O) groups is 1. The van der Waals surface area contributed by atoms with Crippen molar-refractivity contribution < 1.29 is 22.0 Å². The van der Waals surface area contributed by atoms with E-state index in [4.69, 9.17) is 0 Å². The van der Waals surface area contributed by atoms with Crippen LogP contribution >= 0.6 is 0 Å². The Balaban J connectivity index is 1.67. The molecule has 0 radical (unpaired) electrons. The fourth-order valence-corrected chi connectivity index (χ4v) is 4.20. The summed E-state index contributed by atoms with van der Waals surface area (Å²) in [5.41, 5.74) is -0.104. The number of rotatable bonds is 4. The highest BCUT2D eigenvalue weighted by atomic mass is 32.2. The largest absolute Gasteiger partial charge is 0.348 e. The number of para-hydroxylation sites is 1. The SMILES string of the molecule is O=C(NC1CCS(=O)(=O)C1)c1ccc(Nc2c(F)cccc2F)nc1. The smallest absolute Gasteiger partial charge is 0.253 e. The van der Waals surface area contributed by atoms with Crippen molar-refractivity contribution in [2.75, 3.05) is 16.8 Å². The molecule has 1 amide bonds. The molecule has 1 atom stereocenters. The summed E-state index contributed by atoms with van der Waals surface area (Å²) in [7, 11) is -3.08. The summed E-state index contributed by atoms with van der Waals surface area (Å²) in [4.78, 5) is 16.1. The van der Waals surface area contributed by atoms with E-state index in [1.165, 1.54) is 24.4 Å². The van der Waals surface area contributed by atoms with Crippen molar-refractivity contribution in [3.8, 4) is 0 Å². The van der Waals surface area contributed by atoms with Crippen molar-refractivity contribution in [3.63, 3.8) is 0 Å². The number of anilines is 2. The van der Waals surface area contributed by atoms with Crippen LogP contribution in [0.1, 0.15) is 16.8 Å². The third-order valence-electron chi connectivity index (χ3n) is 3.81. The molecule has 0 bridgehead atoms. The number of nitrogens with one attached hydrogen (secondary N) is 2. The second-order valence-corrected chi connectivity index (χ2v) is 7.96. The van der Waals surface area contributed by atoms with Crippen molar-refractivity contribution in [3.05, 3.63) is 53.7 Å². The van der Waals surface area contributed by atoms with Crippen LogP contribution in [0.5, 0.6) is 0 Å². The fourth-order valence-electron chi connectivity index (χ4n) is 2.53. The Morgan fingerprint density at radius 1 is 1.16 bits per heavy atom. The molecule has 2 N–H and O–H groups in total. The highest BCUT2D eigenvalue weighted by Crippen LogP contribution is 2.22. The zero-order valence-corrected chi connectivity index (χ0v) is 13.8. The van der Waals surface area contributed by atoms with Gasteiger partial charge in [-0.05, 0) is 30.7 Å². The van der Waals surface area contributed by atoms with Gasteiger partial charge >= 0.3 is 0 Å². The molecule has 132 valence electrons. The first-order valence-corrected chi connectivity index (χ1v) is 9.34. The Hall–Kier alpha value is -2.55. The normalized spacial score (nSPS) is 18.7. The number of nitrogens with zero attached hydrogens (tertiary/aromatic N) is 1. The van der Waals surface area contributed by atoms with E-state index in [0.29, 0.717) is 6.42 Å². The lowest BCUT2D eigenvalue weighted by Crippen LogP contribution is -2.35. The van der Waals surface area contributed by atoms with Crippen LogP contribution in [0.4, 0.5) is 20.3 Å². The van der Waals surface area contributed by atoms with Crippen molar-refractivity contribution in [2.45, 2.75) is 12.5 Å². The second kappa shape index (κ2) is 6.75. The number of hydrogen-bond acceptors (Lipinski definition) is 5. The molecule has 2 aromatic rings. The number of hydrogen-bond donors (Lipinski definition) is 2. The second-order valence-electron chi connectivity index (χ2n) is 5.73. The van der Waals surface area contributed by atoms with E-state index in [-0.39, 0.29) is 28.6 Å². The van der Waals surface area contributed by atoms with E-state index >= 15 is 0 Å². The molecular weight excluding hydrogens is 352 g/mol. The monoisotopic (exact) mass is 367 g/mol. The van der Waals surface area contributed by atoms with Gasteiger partial charge in [0.2, 0.25) is 0 Å². The molecule has 1 fully saturated rings. The predicted molar refractivity (Wildman–Crippen MR) is 88.4 cm³/mol. The van der Waals surface area contributed by atoms with E-state index in [1.807, 2.05) is 0 Å². The maximum atomic E-state index is 13.6. The summed E-state index contributed by atoms with van der Waals surface area (Å²) in [6.07, 6.45) is 1.63. The lowest BCUT2D eigenvalue weighted by Gasteiger charge is -2.11. The van der Waals surface area contributed by atoms with Gasteiger partial charge in [0.1, 0.15) is 23.1 Å². The number of benzene rings is 1. The lowest BCUT2D eigenvalue weighted by molar-refractivity contribution is 0.0941. The first-order valence-electron chi connectivity index (χ1n) is 7.52. The zero-order chi connectivity index (χ0) is 18.0. The van der Waals surface area contributed by atoms with Crippen LogP contribution in [-0.4, -0.2) is 36.9 Å². The molecular formula is C16H15F2N3O3S. The standard InChI is InChI=1S/C16H15F2N3O3S/c17-12-2-1-3-13(18)15(12)21-14-5-4-10(8-19-14)16(22)20-11-6-7-25(23,24)9-11/h1-5,8,11H,6-7,9H2,(H,19,21)(H,20,22). The van der Waals surface area contributed by atoms with E-state index < -0.39 is 33.4 Å². The van der Waals surface area contributed by atoms with Gasteiger partial charge in [0.05, 0.1) is 17.1 Å². The zero-order valence-electron chi connectivity index (χ0n) is 13.0. The summed E-state index contributed by atoms with van der Waals surface area (Å²) in [6.45, 7) is 0. The van der Waals surface area contributed by atoms with E-state index in [1.54, 1.807) is 0 Å². The number of carbonyl (C=O) groups excluding carboxylic acids is 1. The molecule has 1 unspecified atom stereocenters. The number of pyridine rings is 1. The number of aromatic nitrogens is 1. The summed E-state index contributed by atoms with van der Waals surface area (Å²) < 4.78 is 50.0. The first kappa shape index (κ1) is 17.3. The third-order valence-corrected chi connectivity index (χ3v) is 5.58. The van der Waals surface area contributed by atoms with Gasteiger partial charge in [-0.25, -0.2) is 22.2 Å². The molecule has 1 aromatic carbocycles. The van der Waals surface area contributed by atoms with E-state index in [0.717, 1.165) is 12.1 Å². The van der Waals surface area contributed by atoms with Crippen LogP contribution in [0, 0.1) is 11.6 Å². The highest BCUT2D eigenvalue weighted by molar-refractivity contribution is 7.91. The molecule has 3 rings (SSSR count). The van der Waals surface area contributed by atoms with Crippen LogP contribution < -0.4 is 10.6 Å². The van der Waals surface area contributed by atoms with Crippen molar-refractivity contribution in [1.29, 1.82) is 0 Å². The van der Waals surface area contributed by atoms with Crippen LogP contribution in [0.25, 0.3) is 0 Å². The van der Waals surface area contributed by atoms with Gasteiger partial charge in [-0.3, -0.25) is 4.79 Å². The number of sulfone groups is 1. The molecule has 25 heavy (non-hydrogen) atoms. The summed E-state index contributed by atoms with van der Waals surface area (Å²) in [5, 5.41) is 5.16. The maximum absolute atomic E-state index is 13.6. The van der Waals surface area contributed by atoms with Gasteiger partial charge in [0, 0.05) is 12.2 Å². The fraction of sp³-hybridized carbons (Fsp3) is 0.250. The average molecular weight is 367 g/mol. The minimum absolute atomic E-state index is 0.0628. The van der Waals surface area contributed by atoms with Gasteiger partial charge in [-0.15, -0.1) is 0 Å². The van der Waals surface area contributed by atoms with Crippen LogP contribution in [0.3, 0.4) is 0 Å². The Bertz CT molecular complexity index is 881. The molecule has 0 spiro atoms. The maximum Gasteiger partial charge on any atom is 0.253 e. The van der Waals surface area contributed by atoms with E-state index in [9.17, 15) is 22.0 Å². The highest BCUT2D eigenvalue weighted by Gasteiger charge is 2.29. The van der Waals surface area contributed by atoms with Crippen molar-refractivity contribution in [1.82, 2.24) is 10.3 Å². The summed E-state index contributed by atoms with van der Waals surface area (Å²) >= 11 is 0. The van der Waals surface area contributed by atoms with Gasteiger partial charge < -0.3 is 10.6 Å². The summed E-state index contributed by atoms with van der Waals surface area (Å²) in [5.74, 6) is -1.80. The van der Waals surface area contributed by atoms with Crippen LogP contribution in [0.15, 0.2) is 36.5 Å². The first-order chi connectivity index (χ1) is 11.8. The minimum atomic E-state index is -3.08. The molecule has 1 saturated heterocycles. The van der Waals surface area contributed by atoms with Crippen LogP contribution in [0.2, 0.25) is 0 Å². The topological polar surface area (TPSA) is 88.2 Å². The molecule has 9 heteroatoms. The summed E-state index contributed by atoms with van der Waals surface area (Å²) in [6, 6.07) is 5.91. The average Bonchev–Trinajstić information content (AvgIpc) is 2.90. The third kappa shape index (κ3) is 4.11.